The average Bonchev–Trinajstić information content (AvgIpc) is 4.22. The number of nitrogens with two attached hydrogens (primary N) is 1. The Kier molecular flexibility index (Phi) is 14.6. The van der Waals surface area contributed by atoms with Crippen LogP contribution in [0.3, 0.4) is 0 Å². The number of aromatic nitrogens is 1. The lowest BCUT2D eigenvalue weighted by atomic mass is 9.78. The molecule has 0 spiro atoms. The van der Waals surface area contributed by atoms with Crippen LogP contribution in [0.1, 0.15) is 244 Å². The largest absolute Gasteiger partial charge is 0.350 e. The molecule has 0 amide bonds. The van der Waals surface area contributed by atoms with Gasteiger partial charge >= 0.3 is 0 Å². The van der Waals surface area contributed by atoms with E-state index < -0.39 is 0 Å². The van der Waals surface area contributed by atoms with Gasteiger partial charge < -0.3 is 4.57 Å². The van der Waals surface area contributed by atoms with Crippen molar-refractivity contribution in [3.05, 3.63) is 222 Å². The van der Waals surface area contributed by atoms with Crippen molar-refractivity contribution in [2.45, 2.75) is 209 Å². The topological polar surface area (TPSA) is 46.3 Å². The number of aryl methyl sites for hydroxylation is 1. The first-order valence-electron chi connectivity index (χ1n) is 29.9. The number of fused-ring (bicyclic) bond motifs is 6. The summed E-state index contributed by atoms with van der Waals surface area (Å²) in [6, 6.07) is 31.7. The van der Waals surface area contributed by atoms with Crippen LogP contribution in [0, 0.1) is 0 Å². The molecule has 2 N–H and O–H groups in total. The summed E-state index contributed by atoms with van der Waals surface area (Å²) in [5.74, 6) is 0. The molecule has 4 nitrogen and oxygen atoms in total. The third-order valence-electron chi connectivity index (χ3n) is 17.0. The lowest BCUT2D eigenvalue weighted by molar-refractivity contribution is -0.537. The molecule has 9 rings (SSSR count). The van der Waals surface area contributed by atoms with E-state index in [0.717, 1.165) is 62.1 Å². The van der Waals surface area contributed by atoms with Gasteiger partial charge in [-0.15, -0.1) is 0 Å². The summed E-state index contributed by atoms with van der Waals surface area (Å²) in [5, 5.41) is 2.46. The molecule has 0 saturated carbocycles. The molecule has 0 aliphatic carbocycles. The van der Waals surface area contributed by atoms with Gasteiger partial charge in [0.05, 0.1) is 39.7 Å². The fourth-order valence-corrected chi connectivity index (χ4v) is 11.4. The standard InChI is InChI=1S/C77H96N4/c1-70(2,3)51-32-46(33-52(41-51)71(4,5)6)66-50-40-65(81(25)45-50)69(49-38-57(76(19,20)21)44-58(39-49)77(22,23)24)64-31-30-63(80-64)68(48-36-55(74(13,14)15)43-56(37-48)75(16,17)18)62-29-28-61(79-62)67(60-27-26-59(66)78-60)47-34-53(72(7,8)9)42-54(35-47)73(10,11)12/h26-45,78H,1-25H3/p+1. The maximum Gasteiger partial charge on any atom is 0.144 e. The lowest BCUT2D eigenvalue weighted by Gasteiger charge is -2.27. The van der Waals surface area contributed by atoms with Gasteiger partial charge in [-0.1, -0.05) is 239 Å². The minimum Gasteiger partial charge on any atom is -0.350 e. The maximum atomic E-state index is 5.91. The van der Waals surface area contributed by atoms with Gasteiger partial charge in [0.15, 0.2) is 0 Å². The average molecular weight is 1080 g/mol. The molecular weight excluding hydrogens is 981 g/mol. The van der Waals surface area contributed by atoms with E-state index in [9.17, 15) is 0 Å². The van der Waals surface area contributed by atoms with Crippen LogP contribution in [-0.4, -0.2) is 16.0 Å². The van der Waals surface area contributed by atoms with Crippen molar-refractivity contribution in [1.82, 2.24) is 4.57 Å². The molecule has 0 radical (unpaired) electrons. The number of rotatable bonds is 4. The van der Waals surface area contributed by atoms with E-state index in [0.29, 0.717) is 0 Å². The highest BCUT2D eigenvalue weighted by Crippen LogP contribution is 2.44. The summed E-state index contributed by atoms with van der Waals surface area (Å²) in [7, 11) is 2.23. The van der Waals surface area contributed by atoms with Crippen molar-refractivity contribution < 1.29 is 5.32 Å². The maximum absolute atomic E-state index is 5.91. The Morgan fingerprint density at radius 2 is 0.556 bits per heavy atom. The van der Waals surface area contributed by atoms with Crippen LogP contribution in [0.2, 0.25) is 0 Å². The molecule has 81 heavy (non-hydrogen) atoms. The molecule has 4 aliphatic rings. The minimum absolute atomic E-state index is 0.0813. The van der Waals surface area contributed by atoms with Gasteiger partial charge in [0.25, 0.3) is 0 Å². The molecule has 0 fully saturated rings. The number of hydrogen-bond acceptors (Lipinski definition) is 2. The zero-order chi connectivity index (χ0) is 59.7. The Balaban J connectivity index is 1.49. The molecule has 0 unspecified atom stereocenters. The van der Waals surface area contributed by atoms with Crippen molar-refractivity contribution in [1.29, 1.82) is 0 Å². The highest BCUT2D eigenvalue weighted by atomic mass is 15.0. The monoisotopic (exact) mass is 1080 g/mol. The predicted molar refractivity (Wildman–Crippen MR) is 351 cm³/mol. The second-order valence-corrected chi connectivity index (χ2v) is 32.2. The van der Waals surface area contributed by atoms with Crippen molar-refractivity contribution in [3.63, 3.8) is 0 Å². The number of allylic oxidation sites excluding steroid dienone is 8. The number of quaternary nitrogens is 1. The molecule has 4 aliphatic heterocycles. The number of aliphatic imine (C=N–C) groups is 2. The Labute approximate surface area is 489 Å². The molecule has 1 aromatic heterocycles. The predicted octanol–water partition coefficient (Wildman–Crippen LogP) is 18.9. The van der Waals surface area contributed by atoms with Gasteiger partial charge in [0.1, 0.15) is 11.4 Å². The number of benzene rings is 4. The van der Waals surface area contributed by atoms with Crippen molar-refractivity contribution in [3.8, 4) is 0 Å². The first kappa shape index (κ1) is 59.3. The van der Waals surface area contributed by atoms with Gasteiger partial charge in [-0.25, -0.2) is 9.98 Å². The van der Waals surface area contributed by atoms with Crippen LogP contribution in [0.5, 0.6) is 0 Å². The van der Waals surface area contributed by atoms with Crippen LogP contribution in [-0.2, 0) is 50.4 Å². The molecule has 424 valence electrons. The lowest BCUT2D eigenvalue weighted by Crippen LogP contribution is -2.77. The van der Waals surface area contributed by atoms with E-state index >= 15 is 0 Å². The van der Waals surface area contributed by atoms with E-state index in [2.05, 4.69) is 305 Å². The van der Waals surface area contributed by atoms with Crippen LogP contribution in [0.4, 0.5) is 0 Å². The fourth-order valence-electron chi connectivity index (χ4n) is 11.4. The van der Waals surface area contributed by atoms with E-state index in [1.54, 1.807) is 0 Å². The zero-order valence-electron chi connectivity index (χ0n) is 54.5. The van der Waals surface area contributed by atoms with Gasteiger partial charge in [-0.05, 0) is 140 Å². The first-order chi connectivity index (χ1) is 37.1. The molecule has 5 aromatic rings. The van der Waals surface area contributed by atoms with E-state index in [-0.39, 0.29) is 43.3 Å². The Bertz CT molecular complexity index is 3570. The molecule has 4 aromatic carbocycles. The van der Waals surface area contributed by atoms with Crippen LogP contribution >= 0.6 is 0 Å². The van der Waals surface area contributed by atoms with Gasteiger partial charge in [0.2, 0.25) is 0 Å². The second-order valence-electron chi connectivity index (χ2n) is 32.2. The molecule has 4 heteroatoms. The summed E-state index contributed by atoms with van der Waals surface area (Å²) in [6.07, 6.45) is 16.2. The summed E-state index contributed by atoms with van der Waals surface area (Å²) < 4.78 is 2.36. The summed E-state index contributed by atoms with van der Waals surface area (Å²) in [5.41, 5.74) is 27.2. The molecule has 0 atom stereocenters. The molecule has 5 heterocycles. The van der Waals surface area contributed by atoms with Gasteiger partial charge in [0, 0.05) is 42.1 Å². The van der Waals surface area contributed by atoms with Crippen LogP contribution in [0.25, 0.3) is 22.3 Å². The molecular formula is C77H97N4+. The summed E-state index contributed by atoms with van der Waals surface area (Å²) in [6.45, 7) is 56.1. The quantitative estimate of drug-likeness (QED) is 0.186. The molecule has 8 bridgehead atoms. The third kappa shape index (κ3) is 12.1. The van der Waals surface area contributed by atoms with E-state index in [1.807, 2.05) is 0 Å². The van der Waals surface area contributed by atoms with E-state index in [4.69, 9.17) is 9.98 Å². The number of nitrogens with zero attached hydrogens (tertiary/aromatic N) is 3. The normalized spacial score (nSPS) is 16.7. The van der Waals surface area contributed by atoms with Gasteiger partial charge in [-0.2, -0.15) is 0 Å². The first-order valence-corrected chi connectivity index (χ1v) is 29.9. The zero-order valence-corrected chi connectivity index (χ0v) is 54.5. The highest BCUT2D eigenvalue weighted by Gasteiger charge is 2.34. The van der Waals surface area contributed by atoms with Crippen molar-refractivity contribution in [2.75, 3.05) is 0 Å². The number of hydrogen-bond donors (Lipinski definition) is 1. The van der Waals surface area contributed by atoms with Crippen molar-refractivity contribution >= 4 is 33.7 Å². The molecule has 0 saturated heterocycles. The van der Waals surface area contributed by atoms with Crippen LogP contribution < -0.4 is 5.32 Å². The fraction of sp³-hybridized carbons (Fsp3) is 0.429. The van der Waals surface area contributed by atoms with E-state index in [1.165, 1.54) is 72.5 Å². The Hall–Kier alpha value is -6.36. The smallest absolute Gasteiger partial charge is 0.144 e. The summed E-state index contributed by atoms with van der Waals surface area (Å²) >= 11 is 0. The van der Waals surface area contributed by atoms with Crippen LogP contribution in [0.15, 0.2) is 154 Å². The Morgan fingerprint density at radius 1 is 0.284 bits per heavy atom. The highest BCUT2D eigenvalue weighted by molar-refractivity contribution is 6.35. The second kappa shape index (κ2) is 19.9. The summed E-state index contributed by atoms with van der Waals surface area (Å²) in [4.78, 5) is 11.8. The third-order valence-corrected chi connectivity index (χ3v) is 17.0. The van der Waals surface area contributed by atoms with Crippen molar-refractivity contribution in [2.24, 2.45) is 17.0 Å². The Morgan fingerprint density at radius 3 is 0.889 bits per heavy atom. The minimum atomic E-state index is -0.102. The SMILES string of the molecule is Cn1cc2cc1C(c1cc(C(C)(C)C)cc(C(C)(C)C)c1)=C1C=CC(=N1)C(c1cc(C(C)(C)C)cc(C(C)(C)C)c1)=C1C=CC(=N1)C(c1cc(C(C)(C)C)cc(C(C)(C)C)c1)=C1C=CC(=C2c2cc(C(C)(C)C)cc(C(C)(C)C)c2)[NH2+]1. The van der Waals surface area contributed by atoms with Gasteiger partial charge in [-0.3, -0.25) is 5.32 Å².